The van der Waals surface area contributed by atoms with Gasteiger partial charge in [0.25, 0.3) is 0 Å². The minimum Gasteiger partial charge on any atom is -0.329 e. The maximum Gasteiger partial charge on any atom is 0.0538 e. The fraction of sp³-hybridized carbons (Fsp3) is 0.812. The zero-order valence-electron chi connectivity index (χ0n) is 13.3. The molecule has 1 aromatic heterocycles. The highest BCUT2D eigenvalue weighted by molar-refractivity contribution is 5.11. The van der Waals surface area contributed by atoms with Gasteiger partial charge in [0, 0.05) is 24.8 Å². The Bertz CT molecular complexity index is 410. The maximum absolute atomic E-state index is 6.06. The first-order chi connectivity index (χ1) is 9.55. The largest absolute Gasteiger partial charge is 0.329 e. The average molecular weight is 278 g/mol. The molecule has 1 atom stereocenters. The first-order valence-electron chi connectivity index (χ1n) is 8.02. The van der Waals surface area contributed by atoms with Gasteiger partial charge in [-0.3, -0.25) is 9.58 Å². The van der Waals surface area contributed by atoms with Gasteiger partial charge in [0.15, 0.2) is 0 Å². The standard InChI is InChI=1S/C16H30N4/c1-4-8-20-13-14(12-18-20)15(11-17)19-9-5-6-16(2,3)7-10-19/h12-13,15H,4-11,17H2,1-3H3. The molecule has 1 saturated heterocycles. The second-order valence-corrected chi connectivity index (χ2v) is 6.84. The molecule has 0 radical (unpaired) electrons. The second-order valence-electron chi connectivity index (χ2n) is 6.84. The third kappa shape index (κ3) is 3.83. The lowest BCUT2D eigenvalue weighted by atomic mass is 9.85. The van der Waals surface area contributed by atoms with E-state index in [0.717, 1.165) is 26.1 Å². The van der Waals surface area contributed by atoms with Crippen molar-refractivity contribution in [1.82, 2.24) is 14.7 Å². The van der Waals surface area contributed by atoms with E-state index in [2.05, 4.69) is 37.0 Å². The summed E-state index contributed by atoms with van der Waals surface area (Å²) in [7, 11) is 0. The molecule has 0 bridgehead atoms. The summed E-state index contributed by atoms with van der Waals surface area (Å²) in [5, 5.41) is 4.46. The van der Waals surface area contributed by atoms with Crippen molar-refractivity contribution in [3.05, 3.63) is 18.0 Å². The molecule has 1 aliphatic heterocycles. The SMILES string of the molecule is CCCn1cc(C(CN)N2CCCC(C)(C)CC2)cn1. The van der Waals surface area contributed by atoms with Crippen LogP contribution in [0.15, 0.2) is 12.4 Å². The number of aromatic nitrogens is 2. The third-order valence-electron chi connectivity index (χ3n) is 4.53. The lowest BCUT2D eigenvalue weighted by Crippen LogP contribution is -2.34. The normalized spacial score (nSPS) is 21.6. The monoisotopic (exact) mass is 278 g/mol. The van der Waals surface area contributed by atoms with Crippen molar-refractivity contribution in [2.75, 3.05) is 19.6 Å². The Kier molecular flexibility index (Phi) is 5.22. The van der Waals surface area contributed by atoms with Crippen LogP contribution in [0.3, 0.4) is 0 Å². The van der Waals surface area contributed by atoms with Crippen molar-refractivity contribution in [1.29, 1.82) is 0 Å². The topological polar surface area (TPSA) is 47.1 Å². The fourth-order valence-electron chi connectivity index (χ4n) is 3.15. The predicted octanol–water partition coefficient (Wildman–Crippen LogP) is 2.81. The zero-order valence-corrected chi connectivity index (χ0v) is 13.3. The quantitative estimate of drug-likeness (QED) is 0.901. The van der Waals surface area contributed by atoms with E-state index in [4.69, 9.17) is 5.73 Å². The van der Waals surface area contributed by atoms with Gasteiger partial charge in [-0.05, 0) is 44.2 Å². The summed E-state index contributed by atoms with van der Waals surface area (Å²) in [6.45, 7) is 10.9. The van der Waals surface area contributed by atoms with Gasteiger partial charge in [-0.1, -0.05) is 20.8 Å². The van der Waals surface area contributed by atoms with Crippen LogP contribution in [0.2, 0.25) is 0 Å². The Morgan fingerprint density at radius 1 is 1.35 bits per heavy atom. The van der Waals surface area contributed by atoms with E-state index in [9.17, 15) is 0 Å². The predicted molar refractivity (Wildman–Crippen MR) is 83.5 cm³/mol. The third-order valence-corrected chi connectivity index (χ3v) is 4.53. The van der Waals surface area contributed by atoms with Gasteiger partial charge in [0.05, 0.1) is 12.2 Å². The number of likely N-dealkylation sites (tertiary alicyclic amines) is 1. The van der Waals surface area contributed by atoms with Crippen molar-refractivity contribution in [3.63, 3.8) is 0 Å². The highest BCUT2D eigenvalue weighted by Crippen LogP contribution is 2.32. The molecule has 0 amide bonds. The lowest BCUT2D eigenvalue weighted by Gasteiger charge is -2.29. The molecule has 114 valence electrons. The van der Waals surface area contributed by atoms with E-state index in [1.54, 1.807) is 0 Å². The van der Waals surface area contributed by atoms with Gasteiger partial charge in [-0.15, -0.1) is 0 Å². The summed E-state index contributed by atoms with van der Waals surface area (Å²) < 4.78 is 2.04. The molecule has 0 spiro atoms. The first kappa shape index (κ1) is 15.5. The summed E-state index contributed by atoms with van der Waals surface area (Å²) in [5.41, 5.74) is 7.81. The Hall–Kier alpha value is -0.870. The van der Waals surface area contributed by atoms with Crippen LogP contribution in [-0.4, -0.2) is 34.3 Å². The summed E-state index contributed by atoms with van der Waals surface area (Å²) in [6, 6.07) is 0.328. The van der Waals surface area contributed by atoms with Crippen molar-refractivity contribution < 1.29 is 0 Å². The summed E-state index contributed by atoms with van der Waals surface area (Å²) in [5.74, 6) is 0. The van der Waals surface area contributed by atoms with Crippen molar-refractivity contribution >= 4 is 0 Å². The van der Waals surface area contributed by atoms with E-state index in [-0.39, 0.29) is 0 Å². The highest BCUT2D eigenvalue weighted by atomic mass is 15.3. The second kappa shape index (κ2) is 6.72. The van der Waals surface area contributed by atoms with Crippen molar-refractivity contribution in [2.45, 2.75) is 59.0 Å². The zero-order chi connectivity index (χ0) is 14.6. The summed E-state index contributed by atoms with van der Waals surface area (Å²) >= 11 is 0. The van der Waals surface area contributed by atoms with E-state index in [1.165, 1.54) is 24.8 Å². The molecule has 4 nitrogen and oxygen atoms in total. The van der Waals surface area contributed by atoms with Gasteiger partial charge in [0.1, 0.15) is 0 Å². The molecular weight excluding hydrogens is 248 g/mol. The van der Waals surface area contributed by atoms with Gasteiger partial charge in [-0.2, -0.15) is 5.10 Å². The number of rotatable bonds is 5. The van der Waals surface area contributed by atoms with Gasteiger partial charge < -0.3 is 5.73 Å². The van der Waals surface area contributed by atoms with Crippen LogP contribution in [0.25, 0.3) is 0 Å². The van der Waals surface area contributed by atoms with Crippen LogP contribution in [0.4, 0.5) is 0 Å². The van der Waals surface area contributed by atoms with E-state index in [0.29, 0.717) is 18.0 Å². The number of hydrogen-bond donors (Lipinski definition) is 1. The van der Waals surface area contributed by atoms with Crippen LogP contribution < -0.4 is 5.73 Å². The van der Waals surface area contributed by atoms with Gasteiger partial charge in [0.2, 0.25) is 0 Å². The van der Waals surface area contributed by atoms with Crippen LogP contribution in [-0.2, 0) is 6.54 Å². The minimum absolute atomic E-state index is 0.328. The molecule has 0 saturated carbocycles. The molecule has 2 rings (SSSR count). The molecule has 0 aliphatic carbocycles. The number of nitrogens with zero attached hydrogens (tertiary/aromatic N) is 3. The van der Waals surface area contributed by atoms with E-state index in [1.807, 2.05) is 10.9 Å². The number of nitrogens with two attached hydrogens (primary N) is 1. The Morgan fingerprint density at radius 3 is 2.85 bits per heavy atom. The van der Waals surface area contributed by atoms with E-state index >= 15 is 0 Å². The molecule has 2 N–H and O–H groups in total. The molecule has 1 fully saturated rings. The van der Waals surface area contributed by atoms with Gasteiger partial charge in [-0.25, -0.2) is 0 Å². The van der Waals surface area contributed by atoms with Crippen LogP contribution in [0, 0.1) is 5.41 Å². The van der Waals surface area contributed by atoms with Crippen LogP contribution >= 0.6 is 0 Å². The average Bonchev–Trinajstić information content (AvgIpc) is 2.77. The summed E-state index contributed by atoms with van der Waals surface area (Å²) in [6.07, 6.45) is 9.14. The number of hydrogen-bond acceptors (Lipinski definition) is 3. The van der Waals surface area contributed by atoms with Crippen LogP contribution in [0.5, 0.6) is 0 Å². The minimum atomic E-state index is 0.328. The molecule has 1 aliphatic rings. The van der Waals surface area contributed by atoms with Crippen LogP contribution in [0.1, 0.15) is 58.1 Å². The molecule has 0 aromatic carbocycles. The van der Waals surface area contributed by atoms with Crippen molar-refractivity contribution in [2.24, 2.45) is 11.1 Å². The molecule has 4 heteroatoms. The smallest absolute Gasteiger partial charge is 0.0538 e. The lowest BCUT2D eigenvalue weighted by molar-refractivity contribution is 0.200. The number of aryl methyl sites for hydroxylation is 1. The first-order valence-corrected chi connectivity index (χ1v) is 8.02. The fourth-order valence-corrected chi connectivity index (χ4v) is 3.15. The molecule has 20 heavy (non-hydrogen) atoms. The molecule has 1 unspecified atom stereocenters. The highest BCUT2D eigenvalue weighted by Gasteiger charge is 2.27. The summed E-state index contributed by atoms with van der Waals surface area (Å²) in [4.78, 5) is 2.56. The van der Waals surface area contributed by atoms with E-state index < -0.39 is 0 Å². The Morgan fingerprint density at radius 2 is 2.15 bits per heavy atom. The van der Waals surface area contributed by atoms with Crippen molar-refractivity contribution in [3.8, 4) is 0 Å². The van der Waals surface area contributed by atoms with Gasteiger partial charge >= 0.3 is 0 Å². The molecule has 1 aromatic rings. The molecular formula is C16H30N4. The molecule has 2 heterocycles. The maximum atomic E-state index is 6.06. The Balaban J connectivity index is 2.06. The Labute approximate surface area is 123 Å².